The Balaban J connectivity index is 1.20. The molecular weight excluding hydrogens is 819 g/mol. The second kappa shape index (κ2) is 15.7. The van der Waals surface area contributed by atoms with Crippen LogP contribution in [0.3, 0.4) is 0 Å². The van der Waals surface area contributed by atoms with Crippen molar-refractivity contribution in [1.29, 1.82) is 5.26 Å². The monoisotopic (exact) mass is 846 g/mol. The van der Waals surface area contributed by atoms with Crippen LogP contribution < -0.4 is 9.80 Å². The molecule has 0 bridgehead atoms. The van der Waals surface area contributed by atoms with Crippen LogP contribution in [0.5, 0.6) is 0 Å². The number of hydrogen-bond donors (Lipinski definition) is 0. The number of nitriles is 1. The van der Waals surface area contributed by atoms with Gasteiger partial charge in [0.2, 0.25) is 0 Å². The van der Waals surface area contributed by atoms with Crippen molar-refractivity contribution < 1.29 is 26.3 Å². The minimum atomic E-state index is -0.796. The fraction of sp³-hybridized carbons (Fsp3) is 0. The standard InChI is InChI=1S/C54H28F6N4/c1-62-38-14-18-40(19-15-38)64(52-29-46(58)44(27-48(52)60)35-5-3-7-37(56)25-35)50-23-13-33-10-20-41-49(22-12-32-11-21-42(50)54(33)53(32)41)63(39-16-8-31(30-61)9-17-39)51-28-45(57)43(26-47(51)59)34-4-2-6-36(55)24-34/h2-29H. The SMILES string of the molecule is [C-]#[N+]c1ccc(N(c2cc(F)c(-c3cccc(F)c3)cc2F)c2ccc3ccc4c(N(c5ccc(C#N)cc5)c5cc(F)c(-c6cccc(F)c6)cc5F)ccc5ccc2c3c54)cc1. The fourth-order valence-electron chi connectivity index (χ4n) is 8.51. The van der Waals surface area contributed by atoms with Crippen LogP contribution in [0, 0.1) is 52.8 Å². The van der Waals surface area contributed by atoms with E-state index in [1.807, 2.05) is 36.4 Å². The maximum Gasteiger partial charge on any atom is 0.187 e. The Morgan fingerprint density at radius 2 is 0.875 bits per heavy atom. The minimum Gasteiger partial charge on any atom is -0.307 e. The molecule has 0 aromatic heterocycles. The summed E-state index contributed by atoms with van der Waals surface area (Å²) in [6, 6.07) is 44.5. The molecule has 0 spiro atoms. The molecule has 10 aromatic carbocycles. The van der Waals surface area contributed by atoms with Crippen molar-refractivity contribution in [2.24, 2.45) is 0 Å². The second-order valence-corrected chi connectivity index (χ2v) is 15.1. The Morgan fingerprint density at radius 1 is 0.438 bits per heavy atom. The molecule has 0 saturated carbocycles. The van der Waals surface area contributed by atoms with E-state index in [9.17, 15) is 14.0 Å². The molecule has 10 heteroatoms. The van der Waals surface area contributed by atoms with Gasteiger partial charge >= 0.3 is 0 Å². The molecule has 0 aliphatic carbocycles. The first kappa shape index (κ1) is 39.5. The smallest absolute Gasteiger partial charge is 0.187 e. The minimum absolute atomic E-state index is 0.126. The third-order valence-corrected chi connectivity index (χ3v) is 11.4. The molecule has 4 nitrogen and oxygen atoms in total. The summed E-state index contributed by atoms with van der Waals surface area (Å²) in [4.78, 5) is 6.63. The fourth-order valence-corrected chi connectivity index (χ4v) is 8.51. The highest BCUT2D eigenvalue weighted by Crippen LogP contribution is 2.49. The normalized spacial score (nSPS) is 11.2. The highest BCUT2D eigenvalue weighted by molar-refractivity contribution is 6.28. The van der Waals surface area contributed by atoms with Crippen molar-refractivity contribution in [3.8, 4) is 28.3 Å². The summed E-state index contributed by atoms with van der Waals surface area (Å²) < 4.78 is 94.0. The maximum absolute atomic E-state index is 16.6. The van der Waals surface area contributed by atoms with Gasteiger partial charge in [0.15, 0.2) is 5.69 Å². The van der Waals surface area contributed by atoms with Crippen LogP contribution in [0.1, 0.15) is 5.56 Å². The van der Waals surface area contributed by atoms with Gasteiger partial charge in [0.1, 0.15) is 34.9 Å². The lowest BCUT2D eigenvalue weighted by Crippen LogP contribution is -2.14. The van der Waals surface area contributed by atoms with E-state index in [1.165, 1.54) is 36.4 Å². The van der Waals surface area contributed by atoms with Crippen LogP contribution in [0.4, 0.5) is 66.2 Å². The van der Waals surface area contributed by atoms with E-state index < -0.39 is 34.9 Å². The van der Waals surface area contributed by atoms with Crippen molar-refractivity contribution in [3.05, 3.63) is 222 Å². The lowest BCUT2D eigenvalue weighted by Gasteiger charge is -2.30. The van der Waals surface area contributed by atoms with E-state index in [0.29, 0.717) is 44.8 Å². The highest BCUT2D eigenvalue weighted by Gasteiger charge is 2.26. The number of halogens is 6. The van der Waals surface area contributed by atoms with Crippen LogP contribution >= 0.6 is 0 Å². The molecular formula is C54H28F6N4. The van der Waals surface area contributed by atoms with Gasteiger partial charge in [-0.25, -0.2) is 31.2 Å². The molecule has 64 heavy (non-hydrogen) atoms. The summed E-state index contributed by atoms with van der Waals surface area (Å²) in [7, 11) is 0. The number of benzene rings is 10. The highest BCUT2D eigenvalue weighted by atomic mass is 19.1. The molecule has 306 valence electrons. The van der Waals surface area contributed by atoms with E-state index in [0.717, 1.165) is 57.9 Å². The molecule has 10 aromatic rings. The molecule has 0 fully saturated rings. The maximum atomic E-state index is 16.6. The Labute approximate surface area is 362 Å². The largest absolute Gasteiger partial charge is 0.307 e. The first-order valence-corrected chi connectivity index (χ1v) is 19.9. The van der Waals surface area contributed by atoms with Crippen molar-refractivity contribution >= 4 is 72.1 Å². The van der Waals surface area contributed by atoms with E-state index in [4.69, 9.17) is 6.57 Å². The molecule has 0 saturated heterocycles. The Bertz CT molecular complexity index is 3320. The van der Waals surface area contributed by atoms with Gasteiger partial charge in [-0.15, -0.1) is 0 Å². The van der Waals surface area contributed by atoms with E-state index in [1.54, 1.807) is 70.5 Å². The lowest BCUT2D eigenvalue weighted by atomic mass is 9.91. The van der Waals surface area contributed by atoms with Crippen LogP contribution in [-0.2, 0) is 0 Å². The first-order chi connectivity index (χ1) is 31.1. The predicted molar refractivity (Wildman–Crippen MR) is 241 cm³/mol. The summed E-state index contributed by atoms with van der Waals surface area (Å²) in [6.45, 7) is 7.52. The number of rotatable bonds is 8. The second-order valence-electron chi connectivity index (χ2n) is 15.1. The molecule has 0 heterocycles. The van der Waals surface area contributed by atoms with Gasteiger partial charge in [-0.3, -0.25) is 0 Å². The van der Waals surface area contributed by atoms with Gasteiger partial charge in [-0.05, 0) is 118 Å². The quantitative estimate of drug-likeness (QED) is 0.0868. The molecule has 0 atom stereocenters. The predicted octanol–water partition coefficient (Wildman–Crippen LogP) is 16.1. The van der Waals surface area contributed by atoms with E-state index in [2.05, 4.69) is 10.9 Å². The molecule has 0 aliphatic rings. The van der Waals surface area contributed by atoms with E-state index in [-0.39, 0.29) is 33.6 Å². The zero-order chi connectivity index (χ0) is 44.2. The number of hydrogen-bond acceptors (Lipinski definition) is 3. The summed E-state index contributed by atoms with van der Waals surface area (Å²) in [6.07, 6.45) is 0. The molecule has 0 amide bonds. The van der Waals surface area contributed by atoms with Gasteiger partial charge in [0, 0.05) is 45.4 Å². The van der Waals surface area contributed by atoms with Gasteiger partial charge in [-0.2, -0.15) is 5.26 Å². The van der Waals surface area contributed by atoms with Crippen molar-refractivity contribution in [1.82, 2.24) is 0 Å². The van der Waals surface area contributed by atoms with Crippen molar-refractivity contribution in [2.75, 3.05) is 9.80 Å². The average molecular weight is 847 g/mol. The molecule has 0 N–H and O–H groups in total. The van der Waals surface area contributed by atoms with Gasteiger partial charge < -0.3 is 9.80 Å². The summed E-state index contributed by atoms with van der Waals surface area (Å²) in [5.74, 6) is -4.37. The molecule has 10 rings (SSSR count). The topological polar surface area (TPSA) is 34.6 Å². The van der Waals surface area contributed by atoms with Crippen LogP contribution in [0.15, 0.2) is 170 Å². The van der Waals surface area contributed by atoms with Crippen LogP contribution in [0.25, 0.3) is 59.4 Å². The summed E-state index contributed by atoms with van der Waals surface area (Å²) in [5, 5.41) is 13.9. The van der Waals surface area contributed by atoms with E-state index >= 15 is 17.6 Å². The van der Waals surface area contributed by atoms with Crippen LogP contribution in [0.2, 0.25) is 0 Å². The number of nitrogens with zero attached hydrogens (tertiary/aromatic N) is 4. The zero-order valence-electron chi connectivity index (χ0n) is 33.2. The average Bonchev–Trinajstić information content (AvgIpc) is 3.31. The van der Waals surface area contributed by atoms with Crippen molar-refractivity contribution in [3.63, 3.8) is 0 Å². The lowest BCUT2D eigenvalue weighted by molar-refractivity contribution is 0.603. The third-order valence-electron chi connectivity index (χ3n) is 11.4. The Kier molecular flexibility index (Phi) is 9.70. The van der Waals surface area contributed by atoms with Crippen molar-refractivity contribution in [2.45, 2.75) is 0 Å². The third kappa shape index (κ3) is 6.75. The van der Waals surface area contributed by atoms with Gasteiger partial charge in [-0.1, -0.05) is 72.8 Å². The molecule has 0 radical (unpaired) electrons. The zero-order valence-corrected chi connectivity index (χ0v) is 33.2. The molecule has 0 aliphatic heterocycles. The Hall–Kier alpha value is -8.60. The summed E-state index contributed by atoms with van der Waals surface area (Å²) >= 11 is 0. The van der Waals surface area contributed by atoms with Crippen LogP contribution in [-0.4, -0.2) is 0 Å². The first-order valence-electron chi connectivity index (χ1n) is 19.9. The number of anilines is 6. The van der Waals surface area contributed by atoms with Gasteiger partial charge in [0.25, 0.3) is 0 Å². The van der Waals surface area contributed by atoms with Gasteiger partial charge in [0.05, 0.1) is 41.0 Å². The summed E-state index contributed by atoms with van der Waals surface area (Å²) in [5.41, 5.74) is 2.23. The Morgan fingerprint density at radius 3 is 1.30 bits per heavy atom. The molecule has 0 unspecified atom stereocenters.